The molecule has 0 fully saturated rings. The zero-order valence-corrected chi connectivity index (χ0v) is 16.3. The highest BCUT2D eigenvalue weighted by Gasteiger charge is 2.35. The molecule has 0 spiro atoms. The number of nitrogens with two attached hydrogens (primary N) is 1. The Bertz CT molecular complexity index is 1190. The van der Waals surface area contributed by atoms with Crippen molar-refractivity contribution in [2.24, 2.45) is 19.8 Å². The Labute approximate surface area is 167 Å². The fourth-order valence-corrected chi connectivity index (χ4v) is 3.39. The zero-order valence-electron chi connectivity index (χ0n) is 16.3. The molecule has 1 aliphatic heterocycles. The van der Waals surface area contributed by atoms with Gasteiger partial charge in [-0.2, -0.15) is 10.5 Å². The molecule has 0 amide bonds. The molecule has 2 N–H and O–H groups in total. The second-order valence-electron chi connectivity index (χ2n) is 6.77. The molecule has 1 aliphatic rings. The fourth-order valence-electron chi connectivity index (χ4n) is 3.39. The van der Waals surface area contributed by atoms with Crippen LogP contribution in [-0.2, 0) is 14.1 Å². The summed E-state index contributed by atoms with van der Waals surface area (Å²) in [4.78, 5) is 27.1. The standard InChI is InChI=1S/C20H20N6O3/c1-24(10-4-9-21)13-7-5-12(6-8-13)15-14(11-22)17(23)29-19-16(15)18(27)25(2)20(28)26(19)3/h5-8,15H,4,10,23H2,1-3H3/t15-/m1/s1. The number of anilines is 1. The molecule has 0 bridgehead atoms. The number of fused-ring (bicyclic) bond motifs is 1. The first-order valence-electron chi connectivity index (χ1n) is 8.87. The minimum atomic E-state index is -0.757. The maximum atomic E-state index is 12.9. The first-order chi connectivity index (χ1) is 13.8. The summed E-state index contributed by atoms with van der Waals surface area (Å²) >= 11 is 0. The molecule has 29 heavy (non-hydrogen) atoms. The number of nitriles is 2. The molecule has 148 valence electrons. The third-order valence-corrected chi connectivity index (χ3v) is 5.04. The van der Waals surface area contributed by atoms with Gasteiger partial charge in [0, 0.05) is 33.4 Å². The minimum Gasteiger partial charge on any atom is -0.423 e. The maximum Gasteiger partial charge on any atom is 0.333 e. The number of benzene rings is 1. The molecular weight excluding hydrogens is 372 g/mol. The lowest BCUT2D eigenvalue weighted by molar-refractivity contribution is 0.348. The molecule has 0 radical (unpaired) electrons. The summed E-state index contributed by atoms with van der Waals surface area (Å²) in [5.74, 6) is -0.856. The third-order valence-electron chi connectivity index (χ3n) is 5.04. The van der Waals surface area contributed by atoms with Crippen LogP contribution in [0.1, 0.15) is 23.5 Å². The summed E-state index contributed by atoms with van der Waals surface area (Å²) in [7, 11) is 4.73. The molecule has 3 rings (SSSR count). The van der Waals surface area contributed by atoms with E-state index in [4.69, 9.17) is 15.7 Å². The molecule has 9 nitrogen and oxygen atoms in total. The molecule has 0 saturated heterocycles. The highest BCUT2D eigenvalue weighted by atomic mass is 16.5. The van der Waals surface area contributed by atoms with E-state index in [1.165, 1.54) is 18.7 Å². The normalized spacial score (nSPS) is 15.1. The Morgan fingerprint density at radius 3 is 2.41 bits per heavy atom. The van der Waals surface area contributed by atoms with Gasteiger partial charge in [-0.1, -0.05) is 12.1 Å². The molecule has 2 heterocycles. The van der Waals surface area contributed by atoms with Gasteiger partial charge in [0.05, 0.1) is 24.0 Å². The smallest absolute Gasteiger partial charge is 0.333 e. The van der Waals surface area contributed by atoms with Crippen molar-refractivity contribution >= 4 is 5.69 Å². The fraction of sp³-hybridized carbons (Fsp3) is 0.300. The summed E-state index contributed by atoms with van der Waals surface area (Å²) in [6.45, 7) is 0.578. The van der Waals surface area contributed by atoms with E-state index in [1.807, 2.05) is 30.1 Å². The molecule has 1 atom stereocenters. The Morgan fingerprint density at radius 2 is 1.83 bits per heavy atom. The first-order valence-corrected chi connectivity index (χ1v) is 8.87. The van der Waals surface area contributed by atoms with Crippen LogP contribution in [0.4, 0.5) is 5.69 Å². The van der Waals surface area contributed by atoms with Crippen LogP contribution < -0.4 is 26.6 Å². The number of rotatable bonds is 4. The van der Waals surface area contributed by atoms with Crippen molar-refractivity contribution in [2.45, 2.75) is 12.3 Å². The van der Waals surface area contributed by atoms with E-state index >= 15 is 0 Å². The van der Waals surface area contributed by atoms with Crippen LogP contribution in [0, 0.1) is 22.7 Å². The Kier molecular flexibility index (Phi) is 5.16. The Balaban J connectivity index is 2.17. The van der Waals surface area contributed by atoms with E-state index < -0.39 is 17.2 Å². The second kappa shape index (κ2) is 7.56. The summed E-state index contributed by atoms with van der Waals surface area (Å²) in [6, 6.07) is 11.4. The van der Waals surface area contributed by atoms with Gasteiger partial charge < -0.3 is 15.4 Å². The SMILES string of the molecule is CN(CCC#N)c1ccc([C@@H]2C(C#N)=C(N)Oc3c2c(=O)n(C)c(=O)n3C)cc1. The lowest BCUT2D eigenvalue weighted by atomic mass is 9.85. The summed E-state index contributed by atoms with van der Waals surface area (Å²) < 4.78 is 7.67. The topological polar surface area (TPSA) is 130 Å². The van der Waals surface area contributed by atoms with Crippen molar-refractivity contribution in [3.63, 3.8) is 0 Å². The quantitative estimate of drug-likeness (QED) is 0.808. The van der Waals surface area contributed by atoms with Crippen molar-refractivity contribution in [1.82, 2.24) is 9.13 Å². The molecular formula is C20H20N6O3. The van der Waals surface area contributed by atoms with Crippen LogP contribution in [-0.4, -0.2) is 22.7 Å². The number of aromatic nitrogens is 2. The van der Waals surface area contributed by atoms with E-state index in [2.05, 4.69) is 6.07 Å². The van der Waals surface area contributed by atoms with E-state index in [1.54, 1.807) is 12.1 Å². The molecule has 0 saturated carbocycles. The second-order valence-corrected chi connectivity index (χ2v) is 6.77. The summed E-state index contributed by atoms with van der Waals surface area (Å²) in [5, 5.41) is 18.4. The van der Waals surface area contributed by atoms with Gasteiger partial charge in [0.1, 0.15) is 11.6 Å². The van der Waals surface area contributed by atoms with Crippen molar-refractivity contribution in [2.75, 3.05) is 18.5 Å². The van der Waals surface area contributed by atoms with Crippen molar-refractivity contribution in [3.8, 4) is 18.0 Å². The van der Waals surface area contributed by atoms with Crippen molar-refractivity contribution in [1.29, 1.82) is 10.5 Å². The minimum absolute atomic E-state index is 0.0369. The van der Waals surface area contributed by atoms with Crippen molar-refractivity contribution < 1.29 is 4.74 Å². The van der Waals surface area contributed by atoms with Gasteiger partial charge in [0.15, 0.2) is 0 Å². The van der Waals surface area contributed by atoms with Gasteiger partial charge in [-0.05, 0) is 17.7 Å². The highest BCUT2D eigenvalue weighted by Crippen LogP contribution is 2.39. The predicted molar refractivity (Wildman–Crippen MR) is 106 cm³/mol. The van der Waals surface area contributed by atoms with Gasteiger partial charge in [0.25, 0.3) is 5.56 Å². The van der Waals surface area contributed by atoms with Crippen LogP contribution in [0.2, 0.25) is 0 Å². The largest absolute Gasteiger partial charge is 0.423 e. The highest BCUT2D eigenvalue weighted by molar-refractivity contribution is 5.56. The van der Waals surface area contributed by atoms with E-state index in [9.17, 15) is 14.9 Å². The third kappa shape index (κ3) is 3.23. The zero-order chi connectivity index (χ0) is 21.3. The maximum absolute atomic E-state index is 12.9. The van der Waals surface area contributed by atoms with E-state index in [-0.39, 0.29) is 22.9 Å². The van der Waals surface area contributed by atoms with Crippen LogP contribution in [0.15, 0.2) is 45.3 Å². The monoisotopic (exact) mass is 392 g/mol. The van der Waals surface area contributed by atoms with Crippen LogP contribution >= 0.6 is 0 Å². The lowest BCUT2D eigenvalue weighted by Crippen LogP contribution is -2.42. The number of allylic oxidation sites excluding steroid dienone is 1. The van der Waals surface area contributed by atoms with Gasteiger partial charge >= 0.3 is 5.69 Å². The van der Waals surface area contributed by atoms with Gasteiger partial charge in [-0.3, -0.25) is 13.9 Å². The lowest BCUT2D eigenvalue weighted by Gasteiger charge is -2.27. The van der Waals surface area contributed by atoms with E-state index in [0.717, 1.165) is 10.3 Å². The average Bonchev–Trinajstić information content (AvgIpc) is 2.73. The number of nitrogens with zero attached hydrogens (tertiary/aromatic N) is 5. The number of hydrogen-bond donors (Lipinski definition) is 1. The summed E-state index contributed by atoms with van der Waals surface area (Å²) in [6.07, 6.45) is 0.396. The molecule has 1 aromatic carbocycles. The Morgan fingerprint density at radius 1 is 1.17 bits per heavy atom. The average molecular weight is 392 g/mol. The van der Waals surface area contributed by atoms with Crippen LogP contribution in [0.5, 0.6) is 5.88 Å². The molecule has 0 aliphatic carbocycles. The van der Waals surface area contributed by atoms with E-state index in [0.29, 0.717) is 18.5 Å². The molecule has 9 heteroatoms. The molecule has 1 aromatic heterocycles. The van der Waals surface area contributed by atoms with Gasteiger partial charge in [-0.15, -0.1) is 0 Å². The first kappa shape index (κ1) is 19.8. The Hall–Kier alpha value is -3.98. The number of ether oxygens (including phenoxy) is 1. The predicted octanol–water partition coefficient (Wildman–Crippen LogP) is 0.652. The van der Waals surface area contributed by atoms with Crippen molar-refractivity contribution in [3.05, 3.63) is 67.7 Å². The van der Waals surface area contributed by atoms with Gasteiger partial charge in [0.2, 0.25) is 11.8 Å². The molecule has 0 unspecified atom stereocenters. The molecule has 2 aromatic rings. The summed E-state index contributed by atoms with van der Waals surface area (Å²) in [5.41, 5.74) is 6.71. The number of hydrogen-bond acceptors (Lipinski definition) is 7. The van der Waals surface area contributed by atoms with Gasteiger partial charge in [-0.25, -0.2) is 4.79 Å². The van der Waals surface area contributed by atoms with Crippen LogP contribution in [0.25, 0.3) is 0 Å². The van der Waals surface area contributed by atoms with Crippen LogP contribution in [0.3, 0.4) is 0 Å².